The summed E-state index contributed by atoms with van der Waals surface area (Å²) in [5.74, 6) is -5.77. The Labute approximate surface area is 527 Å². The van der Waals surface area contributed by atoms with E-state index in [1.807, 2.05) is 71.9 Å². The Morgan fingerprint density at radius 1 is 0.719 bits per heavy atom. The van der Waals surface area contributed by atoms with Crippen LogP contribution in [-0.2, 0) is 59.2 Å². The molecule has 23 nitrogen and oxygen atoms in total. The minimum Gasteiger partial charge on any atom is -0.445 e. The zero-order valence-electron chi connectivity index (χ0n) is 55.4. The van der Waals surface area contributed by atoms with Crippen LogP contribution in [0.4, 0.5) is 15.3 Å². The number of rotatable bonds is 38. The Balaban J connectivity index is 1.71. The van der Waals surface area contributed by atoms with E-state index in [9.17, 15) is 53.1 Å². The van der Waals surface area contributed by atoms with Gasteiger partial charge in [-0.2, -0.15) is 0 Å². The van der Waals surface area contributed by atoms with Crippen molar-refractivity contribution in [2.75, 3.05) is 53.8 Å². The molecule has 1 aliphatic heterocycles. The molecule has 23 heteroatoms. The van der Waals surface area contributed by atoms with Crippen LogP contribution >= 0.6 is 0 Å². The molecule has 0 aliphatic carbocycles. The molecule has 0 saturated carbocycles. The summed E-state index contributed by atoms with van der Waals surface area (Å²) in [4.78, 5) is 139. The summed E-state index contributed by atoms with van der Waals surface area (Å²) in [6.45, 7) is 18.8. The van der Waals surface area contributed by atoms with Gasteiger partial charge in [-0.15, -0.1) is 0 Å². The van der Waals surface area contributed by atoms with Crippen LogP contribution in [-0.4, -0.2) is 170 Å². The van der Waals surface area contributed by atoms with Crippen molar-refractivity contribution < 1.29 is 67.3 Å². The molecule has 0 radical (unpaired) electrons. The first-order valence-corrected chi connectivity index (χ1v) is 31.6. The number of primary amides is 1. The van der Waals surface area contributed by atoms with Crippen molar-refractivity contribution in [1.82, 2.24) is 36.0 Å². The van der Waals surface area contributed by atoms with Crippen molar-refractivity contribution in [1.29, 1.82) is 0 Å². The Hall–Kier alpha value is -6.98. The summed E-state index contributed by atoms with van der Waals surface area (Å²) in [6, 6.07) is 11.0. The Kier molecular flexibility index (Phi) is 32.5. The molecule has 0 unspecified atom stereocenters. The molecule has 0 bridgehead atoms. The van der Waals surface area contributed by atoms with E-state index in [0.717, 1.165) is 5.56 Å². The highest BCUT2D eigenvalue weighted by atomic mass is 16.6. The maximum atomic E-state index is 14.8. The molecule has 89 heavy (non-hydrogen) atoms. The number of likely N-dealkylation sites (N-methyl/N-ethyl adjacent to an activating group) is 2. The van der Waals surface area contributed by atoms with Crippen molar-refractivity contribution in [2.24, 2.45) is 47.2 Å². The second kappa shape index (κ2) is 37.9. The number of Topliss-reactive ketones (excluding diaryl/α,β-unsaturated/α-hetero) is 2. The van der Waals surface area contributed by atoms with Crippen molar-refractivity contribution in [3.05, 3.63) is 65.7 Å². The number of anilines is 1. The first-order chi connectivity index (χ1) is 42.0. The zero-order valence-corrected chi connectivity index (χ0v) is 55.4. The number of benzene rings is 2. The fraction of sp³-hybridized carbons (Fsp3) is 0.667. The number of aliphatic hydroxyl groups is 1. The number of nitrogens with zero attached hydrogens (tertiary/aromatic N) is 3. The molecular formula is C66H105N9O14. The minimum atomic E-state index is -1.07. The van der Waals surface area contributed by atoms with Crippen LogP contribution in [0, 0.1) is 41.4 Å². The average Bonchev–Trinajstić information content (AvgIpc) is 2.15. The molecular weight excluding hydrogens is 1140 g/mol. The van der Waals surface area contributed by atoms with Gasteiger partial charge in [-0.05, 0) is 85.0 Å². The standard InChI is InChI=1S/C66H105N9O14/c1-16-42(8)59(52(87-14)37-55(80)75-34-22-26-49(75)61(88-15)44(10)50(76)35-43(9)60(81)46-23-18-17-19-24-46)73(12)64(84)57(40(4)5)72-63(83)58(41(6)7)74(13)66(86)89-38-45-29-31-48(32-30-45)70-62(82)47(25-21-33-69-65(67)85)36-51(77)56(39(2)3)71-54(79)28-20-27-53(78)68-11/h17-19,23-24,29-32,39-44,47,49,52,56-61,81H,16,20-22,25-28,33-38H2,1-15H3,(H,68,78)(H,70,82)(H,71,79)(H,72,83)(H3,67,69,85)/t42-,43-,44-,47+,49-,52+,56-,57-,58-,59-,60+,61+/m0/s1. The smallest absolute Gasteiger partial charge is 0.410 e. The number of likely N-dealkylation sites (tertiary alicyclic amines) is 1. The molecule has 2 aromatic rings. The van der Waals surface area contributed by atoms with Gasteiger partial charge in [-0.25, -0.2) is 9.59 Å². The predicted octanol–water partition coefficient (Wildman–Crippen LogP) is 6.69. The molecule has 1 aliphatic rings. The second-order valence-electron chi connectivity index (χ2n) is 25.0. The van der Waals surface area contributed by atoms with Crippen molar-refractivity contribution in [2.45, 2.75) is 195 Å². The van der Waals surface area contributed by atoms with Crippen LogP contribution in [0.15, 0.2) is 54.6 Å². The average molecular weight is 1250 g/mol. The van der Waals surface area contributed by atoms with Crippen molar-refractivity contribution >= 4 is 64.8 Å². The number of ether oxygens (including phenoxy) is 3. The van der Waals surface area contributed by atoms with Gasteiger partial charge in [-0.1, -0.05) is 118 Å². The van der Waals surface area contributed by atoms with E-state index in [1.54, 1.807) is 75.9 Å². The molecule has 3 rings (SSSR count). The molecule has 9 amide bonds. The number of amides is 9. The number of aliphatic hydroxyl groups excluding tert-OH is 1. The van der Waals surface area contributed by atoms with E-state index in [4.69, 9.17) is 19.9 Å². The Morgan fingerprint density at radius 3 is 1.91 bits per heavy atom. The van der Waals surface area contributed by atoms with E-state index in [0.29, 0.717) is 49.9 Å². The monoisotopic (exact) mass is 1250 g/mol. The fourth-order valence-electron chi connectivity index (χ4n) is 11.8. The summed E-state index contributed by atoms with van der Waals surface area (Å²) in [5.41, 5.74) is 6.90. The van der Waals surface area contributed by atoms with Gasteiger partial charge in [0, 0.05) is 91.7 Å². The predicted molar refractivity (Wildman–Crippen MR) is 339 cm³/mol. The number of urea groups is 1. The van der Waals surface area contributed by atoms with Crippen molar-refractivity contribution in [3.63, 3.8) is 0 Å². The maximum Gasteiger partial charge on any atom is 0.410 e. The summed E-state index contributed by atoms with van der Waals surface area (Å²) < 4.78 is 17.8. The number of nitrogens with two attached hydrogens (primary N) is 1. The molecule has 8 N–H and O–H groups in total. The lowest BCUT2D eigenvalue weighted by atomic mass is 9.85. The third-order valence-electron chi connectivity index (χ3n) is 17.2. The highest BCUT2D eigenvalue weighted by Gasteiger charge is 2.44. The lowest BCUT2D eigenvalue weighted by Crippen LogP contribution is -2.60. The van der Waals surface area contributed by atoms with Gasteiger partial charge in [0.1, 0.15) is 24.5 Å². The number of nitrogens with one attached hydrogen (secondary N) is 5. The van der Waals surface area contributed by atoms with Crippen molar-refractivity contribution in [3.8, 4) is 0 Å². The highest BCUT2D eigenvalue weighted by Crippen LogP contribution is 2.33. The van der Waals surface area contributed by atoms with Crippen LogP contribution in [0.3, 0.4) is 0 Å². The zero-order chi connectivity index (χ0) is 66.8. The molecule has 12 atom stereocenters. The largest absolute Gasteiger partial charge is 0.445 e. The molecule has 1 saturated heterocycles. The van der Waals surface area contributed by atoms with Gasteiger partial charge in [0.15, 0.2) is 5.78 Å². The topological polar surface area (TPSA) is 315 Å². The van der Waals surface area contributed by atoms with Gasteiger partial charge in [0.2, 0.25) is 35.4 Å². The van der Waals surface area contributed by atoms with E-state index >= 15 is 0 Å². The number of ketones is 2. The highest BCUT2D eigenvalue weighted by molar-refractivity contribution is 5.97. The lowest BCUT2D eigenvalue weighted by Gasteiger charge is -2.41. The van der Waals surface area contributed by atoms with E-state index in [-0.39, 0.29) is 92.8 Å². The molecule has 1 heterocycles. The van der Waals surface area contributed by atoms with Crippen LogP contribution in [0.25, 0.3) is 0 Å². The first kappa shape index (κ1) is 76.3. The van der Waals surface area contributed by atoms with Crippen LogP contribution in [0.1, 0.15) is 157 Å². The molecule has 1 fully saturated rings. The second-order valence-corrected chi connectivity index (χ2v) is 25.0. The summed E-state index contributed by atoms with van der Waals surface area (Å²) in [5, 5.41) is 24.6. The van der Waals surface area contributed by atoms with Crippen LogP contribution < -0.4 is 32.3 Å². The molecule has 2 aromatic carbocycles. The number of methoxy groups -OCH3 is 2. The van der Waals surface area contributed by atoms with Gasteiger partial charge >= 0.3 is 12.1 Å². The quantitative estimate of drug-likeness (QED) is 0.0345. The summed E-state index contributed by atoms with van der Waals surface area (Å²) >= 11 is 0. The number of carbonyl (C=O) groups is 10. The normalized spacial score (nSPS) is 16.9. The van der Waals surface area contributed by atoms with Gasteiger partial charge in [0.25, 0.3) is 0 Å². The molecule has 0 aromatic heterocycles. The van der Waals surface area contributed by atoms with Gasteiger partial charge in [0.05, 0.1) is 42.9 Å². The van der Waals surface area contributed by atoms with Crippen LogP contribution in [0.2, 0.25) is 0 Å². The number of carbonyl (C=O) groups excluding carboxylic acids is 10. The first-order valence-electron chi connectivity index (χ1n) is 31.6. The fourth-order valence-corrected chi connectivity index (χ4v) is 11.8. The van der Waals surface area contributed by atoms with E-state index in [1.165, 1.54) is 26.1 Å². The molecule has 498 valence electrons. The SMILES string of the molecule is CC[C@H](C)[C@@H]([C@@H](CC(=O)N1CCC[C@H]1[C@H](OC)[C@@H](C)C(=O)C[C@H](C)[C@@H](O)c1ccccc1)OC)N(C)C(=O)[C@@H](NC(=O)[C@H](C(C)C)N(C)C(=O)OCc1ccc(NC(=O)[C@H](CCCNC(N)=O)CC(=O)[C@@H](NC(=O)CCCC(=O)NC)C(C)C)cc1)C(C)C. The van der Waals surface area contributed by atoms with E-state index in [2.05, 4.69) is 26.6 Å². The number of hydrogen-bond donors (Lipinski definition) is 7. The van der Waals surface area contributed by atoms with Gasteiger partial charge < -0.3 is 61.4 Å². The Morgan fingerprint density at radius 2 is 1.35 bits per heavy atom. The van der Waals surface area contributed by atoms with Gasteiger partial charge in [-0.3, -0.25) is 43.3 Å². The van der Waals surface area contributed by atoms with Crippen LogP contribution in [0.5, 0.6) is 0 Å². The third-order valence-corrected chi connectivity index (χ3v) is 17.2. The molecule has 0 spiro atoms. The minimum absolute atomic E-state index is 0.0385. The summed E-state index contributed by atoms with van der Waals surface area (Å²) in [6.07, 6.45) is -0.169. The summed E-state index contributed by atoms with van der Waals surface area (Å²) in [7, 11) is 7.65. The Bertz CT molecular complexity index is 2620. The lowest BCUT2D eigenvalue weighted by molar-refractivity contribution is -0.148. The maximum absolute atomic E-state index is 14.8. The number of hydrogen-bond acceptors (Lipinski definition) is 14. The third kappa shape index (κ3) is 23.4. The van der Waals surface area contributed by atoms with E-state index < -0.39 is 108 Å².